The summed E-state index contributed by atoms with van der Waals surface area (Å²) in [5, 5.41) is 6.26. The summed E-state index contributed by atoms with van der Waals surface area (Å²) in [4.78, 5) is 25.7. The van der Waals surface area contributed by atoms with E-state index >= 15 is 0 Å². The first kappa shape index (κ1) is 12.8. The van der Waals surface area contributed by atoms with Crippen LogP contribution in [0.5, 0.6) is 0 Å². The van der Waals surface area contributed by atoms with Crippen molar-refractivity contribution in [3.63, 3.8) is 0 Å². The third-order valence-electron chi connectivity index (χ3n) is 4.15. The number of piperidine rings is 1. The van der Waals surface area contributed by atoms with Crippen molar-refractivity contribution in [1.29, 1.82) is 0 Å². The third kappa shape index (κ3) is 2.19. The molecule has 0 amide bonds. The van der Waals surface area contributed by atoms with Crippen molar-refractivity contribution >= 4 is 10.8 Å². The highest BCUT2D eigenvalue weighted by Gasteiger charge is 2.21. The monoisotopic (exact) mass is 271 g/mol. The van der Waals surface area contributed by atoms with Crippen molar-refractivity contribution < 1.29 is 0 Å². The van der Waals surface area contributed by atoms with E-state index in [2.05, 4.69) is 16.3 Å². The molecule has 0 bridgehead atoms. The Labute approximate surface area is 116 Å². The lowest BCUT2D eigenvalue weighted by molar-refractivity contribution is 0.216. The normalized spacial score (nSPS) is 16.6. The standard InChI is InChI=1S/C15H17N3O2/c1-10-3-2-4-12-13(10)9-14(16-15(12)19)11-5-7-18(17-20)8-6-11/h2-4,9,11H,5-8H2,1H3,(H,16,19). The quantitative estimate of drug-likeness (QED) is 0.854. The number of aryl methyl sites for hydroxylation is 1. The van der Waals surface area contributed by atoms with Gasteiger partial charge in [-0.25, -0.2) is 0 Å². The molecule has 1 aromatic heterocycles. The molecule has 1 fully saturated rings. The maximum absolute atomic E-state index is 12.2. The largest absolute Gasteiger partial charge is 0.325 e. The van der Waals surface area contributed by atoms with Gasteiger partial charge in [0.1, 0.15) is 0 Å². The van der Waals surface area contributed by atoms with Gasteiger partial charge in [-0.1, -0.05) is 12.1 Å². The summed E-state index contributed by atoms with van der Waals surface area (Å²) >= 11 is 0. The molecule has 5 nitrogen and oxygen atoms in total. The van der Waals surface area contributed by atoms with Crippen molar-refractivity contribution in [1.82, 2.24) is 9.99 Å². The Bertz CT molecular complexity index is 700. The molecule has 0 unspecified atom stereocenters. The van der Waals surface area contributed by atoms with Gasteiger partial charge in [-0.05, 0) is 42.8 Å². The van der Waals surface area contributed by atoms with Crippen LogP contribution in [0.3, 0.4) is 0 Å². The Morgan fingerprint density at radius 3 is 2.70 bits per heavy atom. The Kier molecular flexibility index (Phi) is 3.26. The summed E-state index contributed by atoms with van der Waals surface area (Å²) in [6.07, 6.45) is 1.69. The van der Waals surface area contributed by atoms with Crippen LogP contribution in [0.25, 0.3) is 10.8 Å². The van der Waals surface area contributed by atoms with E-state index in [1.54, 1.807) is 5.01 Å². The van der Waals surface area contributed by atoms with Gasteiger partial charge in [0.05, 0.1) is 5.29 Å². The molecule has 1 aliphatic rings. The highest BCUT2D eigenvalue weighted by atomic mass is 16.3. The molecule has 0 spiro atoms. The molecule has 3 rings (SSSR count). The Balaban J connectivity index is 1.99. The fraction of sp³-hybridized carbons (Fsp3) is 0.400. The topological polar surface area (TPSA) is 65.5 Å². The summed E-state index contributed by atoms with van der Waals surface area (Å²) in [6.45, 7) is 3.33. The second-order valence-electron chi connectivity index (χ2n) is 5.40. The Morgan fingerprint density at radius 2 is 2.00 bits per heavy atom. The third-order valence-corrected chi connectivity index (χ3v) is 4.15. The predicted octanol–water partition coefficient (Wildman–Crippen LogP) is 2.70. The molecule has 1 aliphatic heterocycles. The highest BCUT2D eigenvalue weighted by molar-refractivity contribution is 5.85. The zero-order valence-electron chi connectivity index (χ0n) is 11.4. The Morgan fingerprint density at radius 1 is 1.25 bits per heavy atom. The minimum atomic E-state index is -0.0304. The van der Waals surface area contributed by atoms with Gasteiger partial charge in [0.25, 0.3) is 5.56 Å². The van der Waals surface area contributed by atoms with Gasteiger partial charge in [-0.2, -0.15) is 0 Å². The number of rotatable bonds is 2. The number of nitrogens with zero attached hydrogens (tertiary/aromatic N) is 2. The van der Waals surface area contributed by atoms with Crippen LogP contribution in [0, 0.1) is 11.8 Å². The van der Waals surface area contributed by atoms with E-state index in [-0.39, 0.29) is 5.56 Å². The van der Waals surface area contributed by atoms with Crippen LogP contribution in [0.15, 0.2) is 34.3 Å². The first-order valence-electron chi connectivity index (χ1n) is 6.90. The van der Waals surface area contributed by atoms with Crippen LogP contribution in [-0.4, -0.2) is 23.1 Å². The number of hydrogen-bond acceptors (Lipinski definition) is 3. The van der Waals surface area contributed by atoms with E-state index in [1.165, 1.54) is 0 Å². The molecule has 1 aromatic carbocycles. The van der Waals surface area contributed by atoms with E-state index in [0.29, 0.717) is 19.0 Å². The van der Waals surface area contributed by atoms with Crippen LogP contribution < -0.4 is 5.56 Å². The second-order valence-corrected chi connectivity index (χ2v) is 5.40. The maximum Gasteiger partial charge on any atom is 0.256 e. The van der Waals surface area contributed by atoms with E-state index in [4.69, 9.17) is 0 Å². The fourth-order valence-electron chi connectivity index (χ4n) is 2.94. The van der Waals surface area contributed by atoms with Crippen LogP contribution in [0.2, 0.25) is 0 Å². The second kappa shape index (κ2) is 5.07. The fourth-order valence-corrected chi connectivity index (χ4v) is 2.94. The Hall–Kier alpha value is -2.17. The van der Waals surface area contributed by atoms with Crippen molar-refractivity contribution in [2.45, 2.75) is 25.7 Å². The number of H-pyrrole nitrogens is 1. The van der Waals surface area contributed by atoms with Gasteiger partial charge >= 0.3 is 0 Å². The van der Waals surface area contributed by atoms with Gasteiger partial charge < -0.3 is 4.98 Å². The highest BCUT2D eigenvalue weighted by Crippen LogP contribution is 2.28. The molecule has 1 saturated heterocycles. The van der Waals surface area contributed by atoms with E-state index in [0.717, 1.165) is 34.9 Å². The number of pyridine rings is 1. The summed E-state index contributed by atoms with van der Waals surface area (Å²) in [7, 11) is 0. The molecule has 2 aromatic rings. The molecular formula is C15H17N3O2. The van der Waals surface area contributed by atoms with Gasteiger partial charge in [-0.15, -0.1) is 4.91 Å². The maximum atomic E-state index is 12.2. The first-order chi connectivity index (χ1) is 9.69. The van der Waals surface area contributed by atoms with Crippen molar-refractivity contribution in [3.8, 4) is 0 Å². The van der Waals surface area contributed by atoms with E-state index in [1.807, 2.05) is 25.1 Å². The lowest BCUT2D eigenvalue weighted by Gasteiger charge is -2.27. The summed E-state index contributed by atoms with van der Waals surface area (Å²) < 4.78 is 0. The van der Waals surface area contributed by atoms with Crippen molar-refractivity contribution in [2.75, 3.05) is 13.1 Å². The summed E-state index contributed by atoms with van der Waals surface area (Å²) in [5.74, 6) is 0.296. The average molecular weight is 271 g/mol. The number of hydrogen-bond donors (Lipinski definition) is 1. The molecule has 0 radical (unpaired) electrons. The first-order valence-corrected chi connectivity index (χ1v) is 6.90. The predicted molar refractivity (Wildman–Crippen MR) is 78.6 cm³/mol. The van der Waals surface area contributed by atoms with E-state index in [9.17, 15) is 9.70 Å². The van der Waals surface area contributed by atoms with Crippen LogP contribution in [-0.2, 0) is 0 Å². The van der Waals surface area contributed by atoms with Crippen LogP contribution in [0.4, 0.5) is 0 Å². The van der Waals surface area contributed by atoms with Gasteiger partial charge in [-0.3, -0.25) is 9.80 Å². The molecule has 2 heterocycles. The average Bonchev–Trinajstić information content (AvgIpc) is 2.48. The zero-order valence-corrected chi connectivity index (χ0v) is 11.4. The van der Waals surface area contributed by atoms with Gasteiger partial charge in [0, 0.05) is 30.1 Å². The molecule has 20 heavy (non-hydrogen) atoms. The lowest BCUT2D eigenvalue weighted by atomic mass is 9.92. The molecule has 0 saturated carbocycles. The van der Waals surface area contributed by atoms with Crippen LogP contribution in [0.1, 0.15) is 30.0 Å². The zero-order chi connectivity index (χ0) is 14.1. The number of fused-ring (bicyclic) bond motifs is 1. The molecule has 1 N–H and O–H groups in total. The number of nitroso groups, excluding NO2 is 1. The van der Waals surface area contributed by atoms with Crippen LogP contribution >= 0.6 is 0 Å². The minimum absolute atomic E-state index is 0.0304. The number of nitrogens with one attached hydrogen (secondary N) is 1. The minimum Gasteiger partial charge on any atom is -0.325 e. The number of aromatic amines is 1. The molecule has 5 heteroatoms. The number of aromatic nitrogens is 1. The molecule has 0 atom stereocenters. The molecule has 0 aliphatic carbocycles. The van der Waals surface area contributed by atoms with Gasteiger partial charge in [0.15, 0.2) is 0 Å². The van der Waals surface area contributed by atoms with Crippen molar-refractivity contribution in [3.05, 3.63) is 50.8 Å². The number of benzene rings is 1. The molecule has 104 valence electrons. The SMILES string of the molecule is Cc1cccc2c(=O)[nH]c(C3CCN(N=O)CC3)cc12. The van der Waals surface area contributed by atoms with Gasteiger partial charge in [0.2, 0.25) is 0 Å². The van der Waals surface area contributed by atoms with E-state index < -0.39 is 0 Å². The molecular weight excluding hydrogens is 254 g/mol. The van der Waals surface area contributed by atoms with Crippen molar-refractivity contribution in [2.24, 2.45) is 5.29 Å². The smallest absolute Gasteiger partial charge is 0.256 e. The summed E-state index contributed by atoms with van der Waals surface area (Å²) in [5.41, 5.74) is 2.06. The summed E-state index contributed by atoms with van der Waals surface area (Å²) in [6, 6.07) is 7.86. The lowest BCUT2D eigenvalue weighted by Crippen LogP contribution is -2.29.